The van der Waals surface area contributed by atoms with Gasteiger partial charge in [-0.1, -0.05) is 53.1 Å². The maximum Gasteiger partial charge on any atom is 0.338 e. The van der Waals surface area contributed by atoms with Crippen molar-refractivity contribution in [3.63, 3.8) is 0 Å². The Labute approximate surface area is 266 Å². The van der Waals surface area contributed by atoms with Crippen LogP contribution in [0.3, 0.4) is 0 Å². The van der Waals surface area contributed by atoms with E-state index in [0.29, 0.717) is 0 Å². The summed E-state index contributed by atoms with van der Waals surface area (Å²) in [5, 5.41) is 11.1. The van der Waals surface area contributed by atoms with Crippen molar-refractivity contribution in [2.24, 2.45) is 0 Å². The summed E-state index contributed by atoms with van der Waals surface area (Å²) in [4.78, 5) is 63.6. The Morgan fingerprint density at radius 3 is 1.41 bits per heavy atom. The highest BCUT2D eigenvalue weighted by atomic mass is 16.7. The van der Waals surface area contributed by atoms with Crippen LogP contribution >= 0.6 is 0 Å². The molecule has 0 aromatic heterocycles. The molecule has 11 nitrogen and oxygen atoms in total. The van der Waals surface area contributed by atoms with Gasteiger partial charge in [0, 0.05) is 6.42 Å². The SMILES string of the molecule is CC(=O)CCC(=O)OC[C@H]1O[C@@H](O)[C@H](OC(=O)c2ccc(C)cc2)[C@@H](OC(=O)c2ccc(C)cc2)[C@@H]1OC(=O)c1ccc(C)cc1. The minimum Gasteiger partial charge on any atom is -0.463 e. The predicted octanol–water partition coefficient (Wildman–Crippen LogP) is 4.22. The molecule has 1 aliphatic rings. The molecule has 0 saturated carbocycles. The van der Waals surface area contributed by atoms with Gasteiger partial charge in [-0.15, -0.1) is 0 Å². The van der Waals surface area contributed by atoms with Crippen molar-refractivity contribution in [1.82, 2.24) is 0 Å². The second-order valence-corrected chi connectivity index (χ2v) is 11.2. The molecule has 5 atom stereocenters. The van der Waals surface area contributed by atoms with Crippen molar-refractivity contribution in [3.05, 3.63) is 106 Å². The number of aryl methyl sites for hydroxylation is 3. The third-order valence-electron chi connectivity index (χ3n) is 7.29. The van der Waals surface area contributed by atoms with E-state index >= 15 is 0 Å². The molecule has 1 saturated heterocycles. The standard InChI is InChI=1S/C35H36O11/c1-20-5-12-24(13-6-20)32(38)44-29-27(19-42-28(37)18-11-23(4)36)43-35(41)31(46-34(40)26-16-9-22(3)10-17-26)30(29)45-33(39)25-14-7-21(2)8-15-25/h5-10,12-17,27,29-31,35,41H,11,18-19H2,1-4H3/t27-,29-,30+,31-,35-/m1/s1. The quantitative estimate of drug-likeness (QED) is 0.239. The van der Waals surface area contributed by atoms with Crippen molar-refractivity contribution in [3.8, 4) is 0 Å². The van der Waals surface area contributed by atoms with E-state index in [2.05, 4.69) is 0 Å². The number of benzene rings is 3. The number of rotatable bonds is 11. The molecule has 1 N–H and O–H groups in total. The van der Waals surface area contributed by atoms with E-state index in [1.807, 2.05) is 20.8 Å². The molecule has 46 heavy (non-hydrogen) atoms. The van der Waals surface area contributed by atoms with Crippen LogP contribution in [-0.4, -0.2) is 72.1 Å². The smallest absolute Gasteiger partial charge is 0.338 e. The zero-order valence-electron chi connectivity index (χ0n) is 26.0. The Hall–Kier alpha value is -4.87. The summed E-state index contributed by atoms with van der Waals surface area (Å²) in [6.07, 6.45) is -8.31. The van der Waals surface area contributed by atoms with E-state index in [-0.39, 0.29) is 35.3 Å². The van der Waals surface area contributed by atoms with Gasteiger partial charge in [0.25, 0.3) is 0 Å². The van der Waals surface area contributed by atoms with Crippen LogP contribution in [0.5, 0.6) is 0 Å². The second kappa shape index (κ2) is 15.4. The van der Waals surface area contributed by atoms with Crippen molar-refractivity contribution >= 4 is 29.7 Å². The summed E-state index contributed by atoms with van der Waals surface area (Å²) in [7, 11) is 0. The molecule has 242 valence electrons. The molecule has 3 aromatic carbocycles. The molecular weight excluding hydrogens is 596 g/mol. The Balaban J connectivity index is 1.69. The molecule has 1 heterocycles. The van der Waals surface area contributed by atoms with E-state index < -0.39 is 61.2 Å². The summed E-state index contributed by atoms with van der Waals surface area (Å²) >= 11 is 0. The van der Waals surface area contributed by atoms with Crippen LogP contribution in [0.25, 0.3) is 0 Å². The molecule has 1 fully saturated rings. The zero-order chi connectivity index (χ0) is 33.4. The highest BCUT2D eigenvalue weighted by Gasteiger charge is 2.52. The van der Waals surface area contributed by atoms with Crippen molar-refractivity contribution in [2.45, 2.75) is 71.2 Å². The van der Waals surface area contributed by atoms with Crippen LogP contribution in [0, 0.1) is 20.8 Å². The Morgan fingerprint density at radius 1 is 0.609 bits per heavy atom. The molecule has 0 aliphatic carbocycles. The summed E-state index contributed by atoms with van der Waals surface area (Å²) in [5.74, 6) is -3.51. The number of ketones is 1. The number of aliphatic hydroxyl groups is 1. The van der Waals surface area contributed by atoms with Gasteiger partial charge in [-0.05, 0) is 64.1 Å². The van der Waals surface area contributed by atoms with Gasteiger partial charge in [-0.3, -0.25) is 4.79 Å². The van der Waals surface area contributed by atoms with E-state index in [4.69, 9.17) is 23.7 Å². The van der Waals surface area contributed by atoms with Gasteiger partial charge in [-0.2, -0.15) is 0 Å². The third-order valence-corrected chi connectivity index (χ3v) is 7.29. The van der Waals surface area contributed by atoms with Crippen molar-refractivity contribution < 1.29 is 52.8 Å². The summed E-state index contributed by atoms with van der Waals surface area (Å²) in [6.45, 7) is 6.31. The number of carbonyl (C=O) groups excluding carboxylic acids is 5. The lowest BCUT2D eigenvalue weighted by atomic mass is 9.97. The van der Waals surface area contributed by atoms with Gasteiger partial charge in [0.2, 0.25) is 0 Å². The average Bonchev–Trinajstić information content (AvgIpc) is 3.02. The van der Waals surface area contributed by atoms with E-state index in [1.165, 1.54) is 43.3 Å². The highest BCUT2D eigenvalue weighted by Crippen LogP contribution is 2.30. The topological polar surface area (TPSA) is 152 Å². The molecule has 0 bridgehead atoms. The molecule has 11 heteroatoms. The molecule has 1 aliphatic heterocycles. The highest BCUT2D eigenvalue weighted by molar-refractivity contribution is 5.91. The largest absolute Gasteiger partial charge is 0.463 e. The van der Waals surface area contributed by atoms with Gasteiger partial charge in [0.1, 0.15) is 18.5 Å². The zero-order valence-corrected chi connectivity index (χ0v) is 26.0. The number of hydrogen-bond acceptors (Lipinski definition) is 11. The fraction of sp³-hybridized carbons (Fsp3) is 0.343. The van der Waals surface area contributed by atoms with Gasteiger partial charge in [0.15, 0.2) is 24.6 Å². The van der Waals surface area contributed by atoms with Gasteiger partial charge in [-0.25, -0.2) is 14.4 Å². The summed E-state index contributed by atoms with van der Waals surface area (Å²) in [5.41, 5.74) is 3.13. The van der Waals surface area contributed by atoms with Crippen LogP contribution < -0.4 is 0 Å². The minimum absolute atomic E-state index is 0.0490. The van der Waals surface area contributed by atoms with Crippen molar-refractivity contribution in [1.29, 1.82) is 0 Å². The fourth-order valence-electron chi connectivity index (χ4n) is 4.60. The maximum absolute atomic E-state index is 13.4. The number of Topliss-reactive ketones (excluding diaryl/α,β-unsaturated/α-hetero) is 1. The number of ether oxygens (including phenoxy) is 5. The third kappa shape index (κ3) is 9.09. The van der Waals surface area contributed by atoms with Crippen LogP contribution in [0.4, 0.5) is 0 Å². The monoisotopic (exact) mass is 632 g/mol. The first-order chi connectivity index (χ1) is 21.9. The van der Waals surface area contributed by atoms with Gasteiger partial charge < -0.3 is 33.6 Å². The number of carbonyl (C=O) groups is 5. The molecule has 0 radical (unpaired) electrons. The Bertz CT molecular complexity index is 1540. The van der Waals surface area contributed by atoms with E-state index in [9.17, 15) is 29.1 Å². The molecule has 3 aromatic rings. The first-order valence-electron chi connectivity index (χ1n) is 14.7. The Morgan fingerprint density at radius 2 is 1.00 bits per heavy atom. The van der Waals surface area contributed by atoms with E-state index in [0.717, 1.165) is 16.7 Å². The minimum atomic E-state index is -1.89. The van der Waals surface area contributed by atoms with Crippen LogP contribution in [0.15, 0.2) is 72.8 Å². The fourth-order valence-corrected chi connectivity index (χ4v) is 4.60. The normalized spacial score (nSPS) is 20.7. The average molecular weight is 633 g/mol. The van der Waals surface area contributed by atoms with E-state index in [1.54, 1.807) is 36.4 Å². The van der Waals surface area contributed by atoms with Crippen molar-refractivity contribution in [2.75, 3.05) is 6.61 Å². The molecule has 0 amide bonds. The lowest BCUT2D eigenvalue weighted by Gasteiger charge is -2.42. The first kappa shape index (κ1) is 34.0. The first-order valence-corrected chi connectivity index (χ1v) is 14.7. The van der Waals surface area contributed by atoms with Gasteiger partial charge in [0.05, 0.1) is 23.1 Å². The lowest BCUT2D eigenvalue weighted by molar-refractivity contribution is -0.285. The second-order valence-electron chi connectivity index (χ2n) is 11.2. The van der Waals surface area contributed by atoms with Gasteiger partial charge >= 0.3 is 23.9 Å². The summed E-state index contributed by atoms with van der Waals surface area (Å²) in [6, 6.07) is 19.4. The van der Waals surface area contributed by atoms with Crippen LogP contribution in [0.2, 0.25) is 0 Å². The summed E-state index contributed by atoms with van der Waals surface area (Å²) < 4.78 is 28.3. The Kier molecular flexibility index (Phi) is 11.4. The predicted molar refractivity (Wildman–Crippen MR) is 163 cm³/mol. The number of esters is 4. The lowest BCUT2D eigenvalue weighted by Crippen LogP contribution is -2.62. The van der Waals surface area contributed by atoms with Crippen LogP contribution in [-0.2, 0) is 33.3 Å². The maximum atomic E-state index is 13.4. The number of aliphatic hydroxyl groups excluding tert-OH is 1. The molecule has 4 rings (SSSR count). The molecule has 0 unspecified atom stereocenters. The molecular formula is C35H36O11. The van der Waals surface area contributed by atoms with Crippen LogP contribution in [0.1, 0.15) is 67.5 Å². The number of hydrogen-bond donors (Lipinski definition) is 1. The molecule has 0 spiro atoms.